The van der Waals surface area contributed by atoms with Crippen LogP contribution in [0.5, 0.6) is 0 Å². The molecule has 1 aromatic heterocycles. The number of aromatic nitrogens is 1. The summed E-state index contributed by atoms with van der Waals surface area (Å²) < 4.78 is 0. The summed E-state index contributed by atoms with van der Waals surface area (Å²) in [6, 6.07) is 10.4. The van der Waals surface area contributed by atoms with Crippen molar-refractivity contribution < 1.29 is 0 Å². The SMILES string of the molecule is CCCN(CCCN)c1ccnc2ccccc12. The lowest BCUT2D eigenvalue weighted by Gasteiger charge is -2.25. The molecule has 0 radical (unpaired) electrons. The number of nitrogens with zero attached hydrogens (tertiary/aromatic N) is 2. The fourth-order valence-corrected chi connectivity index (χ4v) is 2.26. The number of hydrogen-bond donors (Lipinski definition) is 1. The molecule has 0 amide bonds. The van der Waals surface area contributed by atoms with E-state index in [1.165, 1.54) is 11.1 Å². The highest BCUT2D eigenvalue weighted by molar-refractivity contribution is 5.91. The Morgan fingerprint density at radius 1 is 1.17 bits per heavy atom. The number of rotatable bonds is 6. The van der Waals surface area contributed by atoms with Crippen LogP contribution in [-0.4, -0.2) is 24.6 Å². The van der Waals surface area contributed by atoms with Crippen molar-refractivity contribution in [3.05, 3.63) is 36.5 Å². The number of para-hydroxylation sites is 1. The van der Waals surface area contributed by atoms with Crippen LogP contribution in [0.3, 0.4) is 0 Å². The van der Waals surface area contributed by atoms with Crippen molar-refractivity contribution >= 4 is 16.6 Å². The topological polar surface area (TPSA) is 42.1 Å². The third-order valence-corrected chi connectivity index (χ3v) is 3.09. The van der Waals surface area contributed by atoms with Crippen LogP contribution < -0.4 is 10.6 Å². The molecule has 0 spiro atoms. The second kappa shape index (κ2) is 6.36. The number of fused-ring (bicyclic) bond motifs is 1. The highest BCUT2D eigenvalue weighted by Crippen LogP contribution is 2.25. The Balaban J connectivity index is 2.36. The molecule has 1 heterocycles. The average Bonchev–Trinajstić information content (AvgIpc) is 2.43. The second-order valence-electron chi connectivity index (χ2n) is 4.48. The van der Waals surface area contributed by atoms with E-state index in [4.69, 9.17) is 5.73 Å². The molecule has 3 heteroatoms. The van der Waals surface area contributed by atoms with E-state index < -0.39 is 0 Å². The van der Waals surface area contributed by atoms with Crippen molar-refractivity contribution in [3.63, 3.8) is 0 Å². The molecule has 96 valence electrons. The van der Waals surface area contributed by atoms with Gasteiger partial charge >= 0.3 is 0 Å². The quantitative estimate of drug-likeness (QED) is 0.848. The maximum absolute atomic E-state index is 5.62. The fourth-order valence-electron chi connectivity index (χ4n) is 2.26. The molecule has 18 heavy (non-hydrogen) atoms. The van der Waals surface area contributed by atoms with Crippen LogP contribution in [0.15, 0.2) is 36.5 Å². The Labute approximate surface area is 109 Å². The van der Waals surface area contributed by atoms with E-state index in [1.54, 1.807) is 0 Å². The predicted octanol–water partition coefficient (Wildman–Crippen LogP) is 2.80. The first-order valence-corrected chi connectivity index (χ1v) is 6.65. The van der Waals surface area contributed by atoms with Crippen LogP contribution >= 0.6 is 0 Å². The van der Waals surface area contributed by atoms with Gasteiger partial charge in [-0.3, -0.25) is 4.98 Å². The van der Waals surface area contributed by atoms with Gasteiger partial charge in [0.2, 0.25) is 0 Å². The van der Waals surface area contributed by atoms with Gasteiger partial charge in [-0.2, -0.15) is 0 Å². The zero-order chi connectivity index (χ0) is 12.8. The van der Waals surface area contributed by atoms with E-state index in [0.717, 1.165) is 38.0 Å². The third kappa shape index (κ3) is 2.79. The smallest absolute Gasteiger partial charge is 0.0722 e. The predicted molar refractivity (Wildman–Crippen MR) is 77.9 cm³/mol. The van der Waals surface area contributed by atoms with Crippen molar-refractivity contribution in [1.29, 1.82) is 0 Å². The van der Waals surface area contributed by atoms with Gasteiger partial charge in [-0.1, -0.05) is 25.1 Å². The lowest BCUT2D eigenvalue weighted by atomic mass is 10.1. The van der Waals surface area contributed by atoms with E-state index in [2.05, 4.69) is 41.1 Å². The number of hydrogen-bond acceptors (Lipinski definition) is 3. The standard InChI is InChI=1S/C15H21N3/c1-2-11-18(12-5-9-16)15-8-10-17-14-7-4-3-6-13(14)15/h3-4,6-8,10H,2,5,9,11-12,16H2,1H3. The Morgan fingerprint density at radius 2 is 2.00 bits per heavy atom. The van der Waals surface area contributed by atoms with Crippen LogP contribution in [0.2, 0.25) is 0 Å². The second-order valence-corrected chi connectivity index (χ2v) is 4.48. The van der Waals surface area contributed by atoms with Crippen LogP contribution in [0.4, 0.5) is 5.69 Å². The molecule has 0 atom stereocenters. The summed E-state index contributed by atoms with van der Waals surface area (Å²) in [6.45, 7) is 5.02. The van der Waals surface area contributed by atoms with Gasteiger partial charge in [-0.15, -0.1) is 0 Å². The van der Waals surface area contributed by atoms with E-state index in [9.17, 15) is 0 Å². The molecule has 2 N–H and O–H groups in total. The monoisotopic (exact) mass is 243 g/mol. The van der Waals surface area contributed by atoms with Gasteiger partial charge in [-0.05, 0) is 31.5 Å². The zero-order valence-corrected chi connectivity index (χ0v) is 11.0. The summed E-state index contributed by atoms with van der Waals surface area (Å²) in [7, 11) is 0. The molecule has 0 aliphatic rings. The van der Waals surface area contributed by atoms with Crippen molar-refractivity contribution in [3.8, 4) is 0 Å². The Kier molecular flexibility index (Phi) is 4.53. The van der Waals surface area contributed by atoms with E-state index in [1.807, 2.05) is 12.3 Å². The van der Waals surface area contributed by atoms with E-state index in [0.29, 0.717) is 0 Å². The fraction of sp³-hybridized carbons (Fsp3) is 0.400. The molecule has 2 rings (SSSR count). The maximum Gasteiger partial charge on any atom is 0.0722 e. The minimum Gasteiger partial charge on any atom is -0.371 e. The first kappa shape index (κ1) is 12.8. The minimum absolute atomic E-state index is 0.739. The first-order chi connectivity index (χ1) is 8.86. The van der Waals surface area contributed by atoms with Crippen molar-refractivity contribution in [2.24, 2.45) is 5.73 Å². The molecular weight excluding hydrogens is 222 g/mol. The highest BCUT2D eigenvalue weighted by Gasteiger charge is 2.08. The van der Waals surface area contributed by atoms with Gasteiger partial charge in [0, 0.05) is 30.4 Å². The molecule has 2 aromatic rings. The highest BCUT2D eigenvalue weighted by atomic mass is 15.1. The molecule has 0 aliphatic carbocycles. The maximum atomic E-state index is 5.62. The Bertz CT molecular complexity index is 491. The third-order valence-electron chi connectivity index (χ3n) is 3.09. The summed E-state index contributed by atoms with van der Waals surface area (Å²) in [5, 5.41) is 1.23. The van der Waals surface area contributed by atoms with Gasteiger partial charge < -0.3 is 10.6 Å². The Hall–Kier alpha value is -1.61. The van der Waals surface area contributed by atoms with Crippen molar-refractivity contribution in [1.82, 2.24) is 4.98 Å². The molecule has 0 aliphatic heterocycles. The summed E-state index contributed by atoms with van der Waals surface area (Å²) in [5.74, 6) is 0. The van der Waals surface area contributed by atoms with Gasteiger partial charge in [0.25, 0.3) is 0 Å². The number of anilines is 1. The number of benzene rings is 1. The molecular formula is C15H21N3. The van der Waals surface area contributed by atoms with Gasteiger partial charge in [-0.25, -0.2) is 0 Å². The molecule has 0 saturated heterocycles. The van der Waals surface area contributed by atoms with Gasteiger partial charge in [0.15, 0.2) is 0 Å². The van der Waals surface area contributed by atoms with Crippen LogP contribution in [0.25, 0.3) is 10.9 Å². The lowest BCUT2D eigenvalue weighted by Crippen LogP contribution is -2.27. The lowest BCUT2D eigenvalue weighted by molar-refractivity contribution is 0.722. The molecule has 0 fully saturated rings. The summed E-state index contributed by atoms with van der Waals surface area (Å²) in [4.78, 5) is 6.83. The molecule has 0 saturated carbocycles. The summed E-state index contributed by atoms with van der Waals surface area (Å²) in [6.07, 6.45) is 4.06. The van der Waals surface area contributed by atoms with Crippen LogP contribution in [0, 0.1) is 0 Å². The molecule has 0 unspecified atom stereocenters. The minimum atomic E-state index is 0.739. The summed E-state index contributed by atoms with van der Waals surface area (Å²) >= 11 is 0. The average molecular weight is 243 g/mol. The van der Waals surface area contributed by atoms with Crippen LogP contribution in [0.1, 0.15) is 19.8 Å². The first-order valence-electron chi connectivity index (χ1n) is 6.65. The normalized spacial score (nSPS) is 10.8. The van der Waals surface area contributed by atoms with Gasteiger partial charge in [0.05, 0.1) is 5.52 Å². The zero-order valence-electron chi connectivity index (χ0n) is 11.0. The largest absolute Gasteiger partial charge is 0.371 e. The van der Waals surface area contributed by atoms with E-state index in [-0.39, 0.29) is 0 Å². The number of nitrogens with two attached hydrogens (primary N) is 1. The van der Waals surface area contributed by atoms with Crippen LogP contribution in [-0.2, 0) is 0 Å². The molecule has 1 aromatic carbocycles. The van der Waals surface area contributed by atoms with Crippen molar-refractivity contribution in [2.45, 2.75) is 19.8 Å². The molecule has 3 nitrogen and oxygen atoms in total. The number of pyridine rings is 1. The van der Waals surface area contributed by atoms with E-state index >= 15 is 0 Å². The summed E-state index contributed by atoms with van der Waals surface area (Å²) in [5.41, 5.74) is 7.96. The van der Waals surface area contributed by atoms with Crippen molar-refractivity contribution in [2.75, 3.05) is 24.5 Å². The van der Waals surface area contributed by atoms with Gasteiger partial charge in [0.1, 0.15) is 0 Å². The Morgan fingerprint density at radius 3 is 2.78 bits per heavy atom. The molecule has 0 bridgehead atoms.